The molecule has 0 radical (unpaired) electrons. The number of nitrogens with one attached hydrogen (secondary N) is 1. The van der Waals surface area contributed by atoms with E-state index in [9.17, 15) is 8.78 Å². The first kappa shape index (κ1) is 12.1. The maximum absolute atomic E-state index is 13.4. The number of benzene rings is 2. The molecular formula is C14H10F2N2. The molecule has 0 aromatic heterocycles. The SMILES string of the molecule is N#Cc1ccc(F)cc1CNc1ccccc1F. The van der Waals surface area contributed by atoms with Crippen LogP contribution in [0, 0.1) is 23.0 Å². The second kappa shape index (κ2) is 5.28. The number of rotatable bonds is 3. The van der Waals surface area contributed by atoms with Gasteiger partial charge in [-0.3, -0.25) is 0 Å². The van der Waals surface area contributed by atoms with Crippen LogP contribution in [-0.4, -0.2) is 0 Å². The molecule has 1 N–H and O–H groups in total. The van der Waals surface area contributed by atoms with Gasteiger partial charge in [0, 0.05) is 6.54 Å². The summed E-state index contributed by atoms with van der Waals surface area (Å²) in [6.07, 6.45) is 0. The van der Waals surface area contributed by atoms with Crippen LogP contribution in [-0.2, 0) is 6.54 Å². The van der Waals surface area contributed by atoms with Crippen molar-refractivity contribution in [2.24, 2.45) is 0 Å². The van der Waals surface area contributed by atoms with Crippen LogP contribution in [0.15, 0.2) is 42.5 Å². The van der Waals surface area contributed by atoms with E-state index in [1.165, 1.54) is 24.3 Å². The molecule has 0 spiro atoms. The number of hydrogen-bond donors (Lipinski definition) is 1. The molecule has 2 aromatic carbocycles. The summed E-state index contributed by atoms with van der Waals surface area (Å²) in [5, 5.41) is 11.7. The fourth-order valence-electron chi connectivity index (χ4n) is 1.61. The van der Waals surface area contributed by atoms with E-state index in [1.807, 2.05) is 6.07 Å². The van der Waals surface area contributed by atoms with Gasteiger partial charge in [0.15, 0.2) is 0 Å². The lowest BCUT2D eigenvalue weighted by molar-refractivity contribution is 0.624. The molecule has 2 rings (SSSR count). The van der Waals surface area contributed by atoms with Crippen LogP contribution in [0.5, 0.6) is 0 Å². The summed E-state index contributed by atoms with van der Waals surface area (Å²) in [6.45, 7) is 0.196. The van der Waals surface area contributed by atoms with E-state index in [0.29, 0.717) is 16.8 Å². The summed E-state index contributed by atoms with van der Waals surface area (Å²) in [4.78, 5) is 0. The lowest BCUT2D eigenvalue weighted by Crippen LogP contribution is -2.03. The number of nitrogens with zero attached hydrogens (tertiary/aromatic N) is 1. The average molecular weight is 244 g/mol. The highest BCUT2D eigenvalue weighted by Gasteiger charge is 2.05. The Morgan fingerprint density at radius 3 is 2.61 bits per heavy atom. The predicted molar refractivity (Wildman–Crippen MR) is 64.8 cm³/mol. The Morgan fingerprint density at radius 2 is 1.89 bits per heavy atom. The van der Waals surface area contributed by atoms with Gasteiger partial charge in [-0.15, -0.1) is 0 Å². The molecule has 90 valence electrons. The first-order valence-corrected chi connectivity index (χ1v) is 5.37. The molecule has 0 saturated heterocycles. The third-order valence-electron chi connectivity index (χ3n) is 2.53. The van der Waals surface area contributed by atoms with E-state index < -0.39 is 5.82 Å². The smallest absolute Gasteiger partial charge is 0.146 e. The van der Waals surface area contributed by atoms with Gasteiger partial charge < -0.3 is 5.32 Å². The molecule has 0 unspecified atom stereocenters. The van der Waals surface area contributed by atoms with Crippen LogP contribution in [0.1, 0.15) is 11.1 Å². The molecule has 0 fully saturated rings. The van der Waals surface area contributed by atoms with E-state index >= 15 is 0 Å². The van der Waals surface area contributed by atoms with E-state index in [0.717, 1.165) is 0 Å². The monoisotopic (exact) mass is 244 g/mol. The van der Waals surface area contributed by atoms with Gasteiger partial charge in [-0.1, -0.05) is 12.1 Å². The van der Waals surface area contributed by atoms with Crippen molar-refractivity contribution in [2.45, 2.75) is 6.54 Å². The lowest BCUT2D eigenvalue weighted by atomic mass is 10.1. The van der Waals surface area contributed by atoms with Gasteiger partial charge in [0.2, 0.25) is 0 Å². The van der Waals surface area contributed by atoms with Crippen molar-refractivity contribution in [1.29, 1.82) is 5.26 Å². The summed E-state index contributed by atoms with van der Waals surface area (Å²) in [5.74, 6) is -0.799. The van der Waals surface area contributed by atoms with Crippen molar-refractivity contribution < 1.29 is 8.78 Å². The normalized spacial score (nSPS) is 9.83. The Labute approximate surface area is 103 Å². The molecule has 2 aromatic rings. The number of halogens is 2. The predicted octanol–water partition coefficient (Wildman–Crippen LogP) is 3.45. The maximum atomic E-state index is 13.4. The van der Waals surface area contributed by atoms with Gasteiger partial charge in [0.05, 0.1) is 17.3 Å². The topological polar surface area (TPSA) is 35.8 Å². The van der Waals surface area contributed by atoms with E-state index in [4.69, 9.17) is 5.26 Å². The van der Waals surface area contributed by atoms with Gasteiger partial charge in [-0.25, -0.2) is 8.78 Å². The Hall–Kier alpha value is -2.41. The summed E-state index contributed by atoms with van der Waals surface area (Å²) in [6, 6.07) is 12.1. The molecule has 0 amide bonds. The largest absolute Gasteiger partial charge is 0.379 e. The van der Waals surface area contributed by atoms with E-state index in [1.54, 1.807) is 18.2 Å². The third kappa shape index (κ3) is 2.64. The van der Waals surface area contributed by atoms with Gasteiger partial charge in [0.1, 0.15) is 11.6 Å². The summed E-state index contributed by atoms with van der Waals surface area (Å²) in [7, 11) is 0. The minimum Gasteiger partial charge on any atom is -0.379 e. The molecule has 4 heteroatoms. The highest BCUT2D eigenvalue weighted by atomic mass is 19.1. The van der Waals surface area contributed by atoms with Crippen LogP contribution < -0.4 is 5.32 Å². The second-order valence-corrected chi connectivity index (χ2v) is 3.75. The minimum atomic E-state index is -0.417. The average Bonchev–Trinajstić information content (AvgIpc) is 2.38. The highest BCUT2D eigenvalue weighted by Crippen LogP contribution is 2.16. The quantitative estimate of drug-likeness (QED) is 0.897. The van der Waals surface area contributed by atoms with Gasteiger partial charge in [0.25, 0.3) is 0 Å². The molecule has 0 aliphatic rings. The molecule has 2 nitrogen and oxygen atoms in total. The second-order valence-electron chi connectivity index (χ2n) is 3.75. The fraction of sp³-hybridized carbons (Fsp3) is 0.0714. The molecule has 0 saturated carbocycles. The van der Waals surface area contributed by atoms with Gasteiger partial charge in [-0.05, 0) is 35.9 Å². The standard InChI is InChI=1S/C14H10F2N2/c15-12-6-5-10(8-17)11(7-12)9-18-14-4-2-1-3-13(14)16/h1-7,18H,9H2. The Balaban J connectivity index is 2.18. The molecule has 0 aliphatic carbocycles. The summed E-state index contributed by atoms with van der Waals surface area (Å²) >= 11 is 0. The van der Waals surface area contributed by atoms with Gasteiger partial charge in [-0.2, -0.15) is 5.26 Å². The van der Waals surface area contributed by atoms with Gasteiger partial charge >= 0.3 is 0 Å². The van der Waals surface area contributed by atoms with Crippen molar-refractivity contribution in [3.05, 3.63) is 65.2 Å². The molecule has 0 atom stereocenters. The zero-order valence-electron chi connectivity index (χ0n) is 9.45. The number of anilines is 1. The molecule has 0 aliphatic heterocycles. The summed E-state index contributed by atoms with van der Waals surface area (Å²) < 4.78 is 26.4. The molecule has 0 bridgehead atoms. The zero-order valence-corrected chi connectivity index (χ0v) is 9.45. The van der Waals surface area contributed by atoms with Crippen molar-refractivity contribution in [2.75, 3.05) is 5.32 Å². The lowest BCUT2D eigenvalue weighted by Gasteiger charge is -2.08. The Morgan fingerprint density at radius 1 is 1.11 bits per heavy atom. The number of para-hydroxylation sites is 1. The van der Waals surface area contributed by atoms with Crippen molar-refractivity contribution in [3.8, 4) is 6.07 Å². The number of nitriles is 1. The van der Waals surface area contributed by atoms with Crippen LogP contribution in [0.3, 0.4) is 0 Å². The number of hydrogen-bond acceptors (Lipinski definition) is 2. The molecule has 18 heavy (non-hydrogen) atoms. The zero-order chi connectivity index (χ0) is 13.0. The maximum Gasteiger partial charge on any atom is 0.146 e. The van der Waals surface area contributed by atoms with Crippen molar-refractivity contribution >= 4 is 5.69 Å². The van der Waals surface area contributed by atoms with E-state index in [2.05, 4.69) is 5.32 Å². The Kier molecular flexibility index (Phi) is 3.54. The molecule has 0 heterocycles. The Bertz CT molecular complexity index is 603. The van der Waals surface area contributed by atoms with E-state index in [-0.39, 0.29) is 12.4 Å². The van der Waals surface area contributed by atoms with Crippen molar-refractivity contribution in [1.82, 2.24) is 0 Å². The van der Waals surface area contributed by atoms with Crippen LogP contribution >= 0.6 is 0 Å². The minimum absolute atomic E-state index is 0.196. The first-order valence-electron chi connectivity index (χ1n) is 5.37. The van der Waals surface area contributed by atoms with Crippen LogP contribution in [0.25, 0.3) is 0 Å². The third-order valence-corrected chi connectivity index (χ3v) is 2.53. The molecular weight excluding hydrogens is 234 g/mol. The van der Waals surface area contributed by atoms with Crippen molar-refractivity contribution in [3.63, 3.8) is 0 Å². The summed E-state index contributed by atoms with van der Waals surface area (Å²) in [5.41, 5.74) is 1.20. The van der Waals surface area contributed by atoms with Crippen LogP contribution in [0.4, 0.5) is 14.5 Å². The first-order chi connectivity index (χ1) is 8.70. The van der Waals surface area contributed by atoms with Crippen LogP contribution in [0.2, 0.25) is 0 Å². The fourth-order valence-corrected chi connectivity index (χ4v) is 1.61. The highest BCUT2D eigenvalue weighted by molar-refractivity contribution is 5.47.